The van der Waals surface area contributed by atoms with Crippen LogP contribution in [0.1, 0.15) is 56.0 Å². The second-order valence-electron chi connectivity index (χ2n) is 4.86. The van der Waals surface area contributed by atoms with Gasteiger partial charge < -0.3 is 11.1 Å². The third-order valence-corrected chi connectivity index (χ3v) is 4.37. The number of hydrogen-bond acceptors (Lipinski definition) is 2. The van der Waals surface area contributed by atoms with E-state index < -0.39 is 5.91 Å². The number of primary amides is 1. The van der Waals surface area contributed by atoms with Crippen LogP contribution in [0.2, 0.25) is 5.02 Å². The van der Waals surface area contributed by atoms with E-state index in [1.807, 2.05) is 6.07 Å². The maximum atomic E-state index is 11.1. The van der Waals surface area contributed by atoms with Crippen molar-refractivity contribution in [3.05, 3.63) is 34.3 Å². The van der Waals surface area contributed by atoms with Gasteiger partial charge in [-0.2, -0.15) is 0 Å². The molecule has 0 bridgehead atoms. The second-order valence-corrected chi connectivity index (χ2v) is 5.27. The van der Waals surface area contributed by atoms with Crippen molar-refractivity contribution >= 4 is 17.5 Å². The molecule has 0 aliphatic rings. The summed E-state index contributed by atoms with van der Waals surface area (Å²) in [5.41, 5.74) is 6.82. The molecule has 0 spiro atoms. The molecule has 0 radical (unpaired) electrons. The zero-order chi connectivity index (χ0) is 14.5. The maximum absolute atomic E-state index is 11.1. The van der Waals surface area contributed by atoms with Gasteiger partial charge >= 0.3 is 0 Å². The fourth-order valence-corrected chi connectivity index (χ4v) is 2.50. The highest BCUT2D eigenvalue weighted by atomic mass is 35.5. The Morgan fingerprint density at radius 1 is 1.26 bits per heavy atom. The van der Waals surface area contributed by atoms with Crippen molar-refractivity contribution in [2.75, 3.05) is 0 Å². The van der Waals surface area contributed by atoms with Gasteiger partial charge in [0.2, 0.25) is 5.91 Å². The van der Waals surface area contributed by atoms with E-state index in [9.17, 15) is 4.79 Å². The van der Waals surface area contributed by atoms with Gasteiger partial charge in [-0.15, -0.1) is 0 Å². The van der Waals surface area contributed by atoms with Crippen LogP contribution in [-0.2, 0) is 6.54 Å². The summed E-state index contributed by atoms with van der Waals surface area (Å²) in [5, 5.41) is 4.17. The first-order valence-corrected chi connectivity index (χ1v) is 7.19. The minimum atomic E-state index is -0.452. The van der Waals surface area contributed by atoms with Gasteiger partial charge in [-0.3, -0.25) is 4.79 Å². The second kappa shape index (κ2) is 6.92. The molecule has 0 saturated carbocycles. The maximum Gasteiger partial charge on any atom is 0.248 e. The molecule has 1 rings (SSSR count). The third kappa shape index (κ3) is 3.95. The summed E-state index contributed by atoms with van der Waals surface area (Å²) in [6.07, 6.45) is 3.24. The smallest absolute Gasteiger partial charge is 0.248 e. The van der Waals surface area contributed by atoms with Crippen LogP contribution in [0.3, 0.4) is 0 Å². The van der Waals surface area contributed by atoms with Gasteiger partial charge in [-0.25, -0.2) is 0 Å². The molecule has 0 unspecified atom stereocenters. The lowest BCUT2D eigenvalue weighted by atomic mass is 9.89. The van der Waals surface area contributed by atoms with Gasteiger partial charge in [-0.05, 0) is 37.0 Å². The first kappa shape index (κ1) is 16.0. The number of benzene rings is 1. The summed E-state index contributed by atoms with van der Waals surface area (Å²) in [7, 11) is 0. The highest BCUT2D eigenvalue weighted by molar-refractivity contribution is 6.31. The van der Waals surface area contributed by atoms with Crippen LogP contribution in [0.15, 0.2) is 18.2 Å². The van der Waals surface area contributed by atoms with Crippen LogP contribution in [0, 0.1) is 0 Å². The van der Waals surface area contributed by atoms with E-state index in [2.05, 4.69) is 26.1 Å². The Labute approximate surface area is 120 Å². The lowest BCUT2D eigenvalue weighted by molar-refractivity contribution is 0.100. The molecular weight excluding hydrogens is 260 g/mol. The molecule has 1 amide bonds. The van der Waals surface area contributed by atoms with Gasteiger partial charge in [0, 0.05) is 22.7 Å². The van der Waals surface area contributed by atoms with E-state index in [1.165, 1.54) is 0 Å². The molecule has 0 aliphatic carbocycles. The molecule has 0 heterocycles. The number of halogens is 1. The summed E-state index contributed by atoms with van der Waals surface area (Å²) in [6, 6.07) is 5.21. The zero-order valence-electron chi connectivity index (χ0n) is 11.9. The Hall–Kier alpha value is -1.06. The number of carbonyl (C=O) groups excluding carboxylic acids is 1. The van der Waals surface area contributed by atoms with E-state index in [1.54, 1.807) is 12.1 Å². The predicted octanol–water partition coefficient (Wildman–Crippen LogP) is 3.50. The standard InChI is InChI=1S/C15H23ClN2O/c1-4-15(5-2,6-3)18-10-12-8-7-11(14(17)19)9-13(12)16/h7-9,18H,4-6,10H2,1-3H3,(H2,17,19). The molecule has 0 atom stereocenters. The molecule has 0 aliphatic heterocycles. The zero-order valence-corrected chi connectivity index (χ0v) is 12.7. The van der Waals surface area contributed by atoms with E-state index in [0.717, 1.165) is 24.8 Å². The summed E-state index contributed by atoms with van der Waals surface area (Å²) in [5.74, 6) is -0.452. The first-order valence-electron chi connectivity index (χ1n) is 6.81. The molecule has 3 nitrogen and oxygen atoms in total. The lowest BCUT2D eigenvalue weighted by Crippen LogP contribution is -2.43. The molecule has 0 fully saturated rings. The monoisotopic (exact) mass is 282 g/mol. The molecule has 0 aromatic heterocycles. The molecular formula is C15H23ClN2O. The summed E-state index contributed by atoms with van der Waals surface area (Å²) >= 11 is 6.18. The number of amides is 1. The summed E-state index contributed by atoms with van der Waals surface area (Å²) in [4.78, 5) is 11.1. The highest BCUT2D eigenvalue weighted by Gasteiger charge is 2.22. The lowest BCUT2D eigenvalue weighted by Gasteiger charge is -2.32. The topological polar surface area (TPSA) is 55.1 Å². The summed E-state index contributed by atoms with van der Waals surface area (Å²) < 4.78 is 0. The Morgan fingerprint density at radius 2 is 1.84 bits per heavy atom. The minimum Gasteiger partial charge on any atom is -0.366 e. The van der Waals surface area contributed by atoms with Crippen LogP contribution >= 0.6 is 11.6 Å². The van der Waals surface area contributed by atoms with Gasteiger partial charge in [0.15, 0.2) is 0 Å². The van der Waals surface area contributed by atoms with Gasteiger partial charge in [0.25, 0.3) is 0 Å². The molecule has 3 N–H and O–H groups in total. The molecule has 1 aromatic carbocycles. The molecule has 106 valence electrons. The van der Waals surface area contributed by atoms with E-state index in [4.69, 9.17) is 17.3 Å². The van der Waals surface area contributed by atoms with Gasteiger partial charge in [-0.1, -0.05) is 38.4 Å². The predicted molar refractivity (Wildman–Crippen MR) is 80.4 cm³/mol. The van der Waals surface area contributed by atoms with Crippen LogP contribution in [0.4, 0.5) is 0 Å². The Bertz CT molecular complexity index is 434. The van der Waals surface area contributed by atoms with Crippen molar-refractivity contribution in [1.82, 2.24) is 5.32 Å². The van der Waals surface area contributed by atoms with Crippen molar-refractivity contribution < 1.29 is 4.79 Å². The normalized spacial score (nSPS) is 11.6. The molecule has 0 saturated heterocycles. The largest absolute Gasteiger partial charge is 0.366 e. The Balaban J connectivity index is 2.80. The number of carbonyl (C=O) groups is 1. The first-order chi connectivity index (χ1) is 8.98. The van der Waals surface area contributed by atoms with E-state index in [-0.39, 0.29) is 5.54 Å². The van der Waals surface area contributed by atoms with Crippen LogP contribution in [-0.4, -0.2) is 11.4 Å². The average Bonchev–Trinajstić information content (AvgIpc) is 2.42. The van der Waals surface area contributed by atoms with E-state index in [0.29, 0.717) is 17.1 Å². The van der Waals surface area contributed by atoms with Crippen LogP contribution in [0.25, 0.3) is 0 Å². The highest BCUT2D eigenvalue weighted by Crippen LogP contribution is 2.22. The van der Waals surface area contributed by atoms with Gasteiger partial charge in [0.05, 0.1) is 0 Å². The fraction of sp³-hybridized carbons (Fsp3) is 0.533. The molecule has 1 aromatic rings. The van der Waals surface area contributed by atoms with E-state index >= 15 is 0 Å². The number of nitrogens with one attached hydrogen (secondary N) is 1. The van der Waals surface area contributed by atoms with Crippen molar-refractivity contribution in [3.63, 3.8) is 0 Å². The average molecular weight is 283 g/mol. The Morgan fingerprint density at radius 3 is 2.26 bits per heavy atom. The van der Waals surface area contributed by atoms with Crippen LogP contribution < -0.4 is 11.1 Å². The van der Waals surface area contributed by atoms with Gasteiger partial charge in [0.1, 0.15) is 0 Å². The number of hydrogen-bond donors (Lipinski definition) is 2. The molecule has 19 heavy (non-hydrogen) atoms. The summed E-state index contributed by atoms with van der Waals surface area (Å²) in [6.45, 7) is 7.28. The van der Waals surface area contributed by atoms with Crippen LogP contribution in [0.5, 0.6) is 0 Å². The number of nitrogens with two attached hydrogens (primary N) is 1. The van der Waals surface area contributed by atoms with Crippen molar-refractivity contribution in [1.29, 1.82) is 0 Å². The quantitative estimate of drug-likeness (QED) is 0.804. The number of rotatable bonds is 7. The van der Waals surface area contributed by atoms with Crippen molar-refractivity contribution in [2.24, 2.45) is 5.73 Å². The van der Waals surface area contributed by atoms with Crippen molar-refractivity contribution in [2.45, 2.75) is 52.1 Å². The SMILES string of the molecule is CCC(CC)(CC)NCc1ccc(C(N)=O)cc1Cl. The molecule has 4 heteroatoms. The fourth-order valence-electron chi connectivity index (χ4n) is 2.25. The Kier molecular flexibility index (Phi) is 5.83. The third-order valence-electron chi connectivity index (χ3n) is 4.02. The van der Waals surface area contributed by atoms with Crippen molar-refractivity contribution in [3.8, 4) is 0 Å². The minimum absolute atomic E-state index is 0.158.